The number of carbonyl (C=O) groups excluding carboxylic acids is 1. The molecule has 0 spiro atoms. The van der Waals surface area contributed by atoms with E-state index in [1.165, 1.54) is 32.4 Å². The largest absolute Gasteiger partial charge is 0.338 e. The maximum atomic E-state index is 12.5. The van der Waals surface area contributed by atoms with Crippen LogP contribution in [0.1, 0.15) is 42.5 Å². The standard InChI is InChI=1S/C19H30N4O/c1-21(2)18-7-3-4-11-23(15-18)17-8-12-22(13-9-17)19(24)16-6-5-10-20-14-16/h5-6,10,14,17-18H,3-4,7-9,11-13,15H2,1-2H3/t18-/m0/s1. The first kappa shape index (κ1) is 17.4. The van der Waals surface area contributed by atoms with Gasteiger partial charge in [-0.3, -0.25) is 14.7 Å². The number of carbonyl (C=O) groups is 1. The molecule has 2 fully saturated rings. The molecule has 5 nitrogen and oxygen atoms in total. The number of likely N-dealkylation sites (N-methyl/N-ethyl adjacent to an activating group) is 1. The van der Waals surface area contributed by atoms with E-state index in [2.05, 4.69) is 28.9 Å². The maximum absolute atomic E-state index is 12.5. The summed E-state index contributed by atoms with van der Waals surface area (Å²) in [5.41, 5.74) is 0.707. The van der Waals surface area contributed by atoms with Gasteiger partial charge in [-0.1, -0.05) is 6.42 Å². The third kappa shape index (κ3) is 4.14. The SMILES string of the molecule is CN(C)[C@H]1CCCCN(C2CCN(C(=O)c3cccnc3)CC2)C1. The van der Waals surface area contributed by atoms with Gasteiger partial charge in [0.2, 0.25) is 0 Å². The fourth-order valence-corrected chi connectivity index (χ4v) is 4.01. The van der Waals surface area contributed by atoms with Crippen LogP contribution in [0.25, 0.3) is 0 Å². The molecule has 1 amide bonds. The van der Waals surface area contributed by atoms with E-state index in [0.29, 0.717) is 17.6 Å². The molecular weight excluding hydrogens is 300 g/mol. The number of hydrogen-bond acceptors (Lipinski definition) is 4. The smallest absolute Gasteiger partial charge is 0.255 e. The Labute approximate surface area is 145 Å². The van der Waals surface area contributed by atoms with Crippen LogP contribution in [0.15, 0.2) is 24.5 Å². The van der Waals surface area contributed by atoms with E-state index in [4.69, 9.17) is 0 Å². The van der Waals surface area contributed by atoms with Crippen LogP contribution in [-0.2, 0) is 0 Å². The number of likely N-dealkylation sites (tertiary alicyclic amines) is 2. The number of nitrogens with zero attached hydrogens (tertiary/aromatic N) is 4. The highest BCUT2D eigenvalue weighted by atomic mass is 16.2. The number of pyridine rings is 1. The average molecular weight is 330 g/mol. The van der Waals surface area contributed by atoms with E-state index in [1.54, 1.807) is 12.4 Å². The van der Waals surface area contributed by atoms with Gasteiger partial charge in [0.1, 0.15) is 0 Å². The molecule has 2 saturated heterocycles. The van der Waals surface area contributed by atoms with Gasteiger partial charge in [0, 0.05) is 44.1 Å². The number of hydrogen-bond donors (Lipinski definition) is 0. The van der Waals surface area contributed by atoms with E-state index in [0.717, 1.165) is 25.9 Å². The van der Waals surface area contributed by atoms with Crippen molar-refractivity contribution in [2.24, 2.45) is 0 Å². The first-order chi connectivity index (χ1) is 11.6. The van der Waals surface area contributed by atoms with Crippen LogP contribution in [0.3, 0.4) is 0 Å². The molecular formula is C19H30N4O. The second-order valence-corrected chi connectivity index (χ2v) is 7.37. The zero-order valence-electron chi connectivity index (χ0n) is 15.0. The van der Waals surface area contributed by atoms with Gasteiger partial charge in [0.05, 0.1) is 5.56 Å². The van der Waals surface area contributed by atoms with Gasteiger partial charge >= 0.3 is 0 Å². The Bertz CT molecular complexity index is 525. The molecule has 0 aromatic carbocycles. The molecule has 0 unspecified atom stereocenters. The summed E-state index contributed by atoms with van der Waals surface area (Å²) in [6.07, 6.45) is 9.51. The molecule has 5 heteroatoms. The van der Waals surface area contributed by atoms with Gasteiger partial charge in [-0.15, -0.1) is 0 Å². The Kier molecular flexibility index (Phi) is 5.85. The van der Waals surface area contributed by atoms with E-state index in [1.807, 2.05) is 17.0 Å². The molecule has 0 saturated carbocycles. The molecule has 132 valence electrons. The highest BCUT2D eigenvalue weighted by Gasteiger charge is 2.30. The van der Waals surface area contributed by atoms with Gasteiger partial charge in [0.15, 0.2) is 0 Å². The fourth-order valence-electron chi connectivity index (χ4n) is 4.01. The summed E-state index contributed by atoms with van der Waals surface area (Å²) in [6.45, 7) is 4.11. The second kappa shape index (κ2) is 8.08. The lowest BCUT2D eigenvalue weighted by Crippen LogP contribution is -2.49. The number of aromatic nitrogens is 1. The minimum atomic E-state index is 0.128. The van der Waals surface area contributed by atoms with Crippen molar-refractivity contribution in [2.45, 2.75) is 44.2 Å². The number of piperidine rings is 1. The lowest BCUT2D eigenvalue weighted by molar-refractivity contribution is 0.0592. The second-order valence-electron chi connectivity index (χ2n) is 7.37. The third-order valence-corrected chi connectivity index (χ3v) is 5.58. The predicted octanol–water partition coefficient (Wildman–Crippen LogP) is 2.10. The topological polar surface area (TPSA) is 39.7 Å². The Morgan fingerprint density at radius 3 is 2.62 bits per heavy atom. The first-order valence-corrected chi connectivity index (χ1v) is 9.25. The monoisotopic (exact) mass is 330 g/mol. The minimum Gasteiger partial charge on any atom is -0.338 e. The van der Waals surface area contributed by atoms with Crippen LogP contribution in [-0.4, -0.2) is 77.9 Å². The normalized spacial score (nSPS) is 24.1. The van der Waals surface area contributed by atoms with Gasteiger partial charge < -0.3 is 9.80 Å². The summed E-state index contributed by atoms with van der Waals surface area (Å²) >= 11 is 0. The van der Waals surface area contributed by atoms with Gasteiger partial charge in [-0.2, -0.15) is 0 Å². The van der Waals surface area contributed by atoms with E-state index in [9.17, 15) is 4.79 Å². The molecule has 1 aromatic rings. The molecule has 0 N–H and O–H groups in total. The summed E-state index contributed by atoms with van der Waals surface area (Å²) < 4.78 is 0. The van der Waals surface area contributed by atoms with E-state index in [-0.39, 0.29) is 5.91 Å². The highest BCUT2D eigenvalue weighted by molar-refractivity contribution is 5.93. The van der Waals surface area contributed by atoms with Gasteiger partial charge in [-0.05, 0) is 58.5 Å². The fraction of sp³-hybridized carbons (Fsp3) is 0.684. The van der Waals surface area contributed by atoms with Crippen molar-refractivity contribution in [3.05, 3.63) is 30.1 Å². The quantitative estimate of drug-likeness (QED) is 0.851. The predicted molar refractivity (Wildman–Crippen MR) is 96.1 cm³/mol. The molecule has 0 radical (unpaired) electrons. The zero-order chi connectivity index (χ0) is 16.9. The van der Waals surface area contributed by atoms with Gasteiger partial charge in [0.25, 0.3) is 5.91 Å². The van der Waals surface area contributed by atoms with Crippen molar-refractivity contribution in [1.82, 2.24) is 19.7 Å². The Morgan fingerprint density at radius 2 is 1.96 bits per heavy atom. The van der Waals surface area contributed by atoms with E-state index >= 15 is 0 Å². The highest BCUT2D eigenvalue weighted by Crippen LogP contribution is 2.23. The van der Waals surface area contributed by atoms with Gasteiger partial charge in [-0.25, -0.2) is 0 Å². The van der Waals surface area contributed by atoms with Crippen molar-refractivity contribution in [2.75, 3.05) is 40.3 Å². The Balaban J connectivity index is 1.55. The average Bonchev–Trinajstić information content (AvgIpc) is 2.88. The lowest BCUT2D eigenvalue weighted by Gasteiger charge is -2.39. The molecule has 0 aliphatic carbocycles. The molecule has 2 aliphatic heterocycles. The molecule has 3 rings (SSSR count). The van der Waals surface area contributed by atoms with Crippen LogP contribution < -0.4 is 0 Å². The van der Waals surface area contributed by atoms with Crippen molar-refractivity contribution in [3.63, 3.8) is 0 Å². The van der Waals surface area contributed by atoms with Crippen LogP contribution in [0.4, 0.5) is 0 Å². The molecule has 1 aromatic heterocycles. The zero-order valence-corrected chi connectivity index (χ0v) is 15.0. The number of rotatable bonds is 3. The van der Waals surface area contributed by atoms with Crippen molar-refractivity contribution in [3.8, 4) is 0 Å². The molecule has 2 aliphatic rings. The molecule has 3 heterocycles. The first-order valence-electron chi connectivity index (χ1n) is 9.25. The molecule has 24 heavy (non-hydrogen) atoms. The summed E-state index contributed by atoms with van der Waals surface area (Å²) in [4.78, 5) is 23.7. The number of amides is 1. The summed E-state index contributed by atoms with van der Waals surface area (Å²) in [5, 5.41) is 0. The lowest BCUT2D eigenvalue weighted by atomic mass is 10.0. The molecule has 0 bridgehead atoms. The van der Waals surface area contributed by atoms with Crippen LogP contribution >= 0.6 is 0 Å². The van der Waals surface area contributed by atoms with Crippen molar-refractivity contribution < 1.29 is 4.79 Å². The summed E-state index contributed by atoms with van der Waals surface area (Å²) in [6, 6.07) is 4.99. The third-order valence-electron chi connectivity index (χ3n) is 5.58. The molecule has 1 atom stereocenters. The van der Waals surface area contributed by atoms with Crippen LogP contribution in [0.5, 0.6) is 0 Å². The van der Waals surface area contributed by atoms with Crippen LogP contribution in [0.2, 0.25) is 0 Å². The maximum Gasteiger partial charge on any atom is 0.255 e. The Hall–Kier alpha value is -1.46. The Morgan fingerprint density at radius 1 is 1.17 bits per heavy atom. The minimum absolute atomic E-state index is 0.128. The summed E-state index contributed by atoms with van der Waals surface area (Å²) in [5.74, 6) is 0.128. The van der Waals surface area contributed by atoms with Crippen LogP contribution in [0, 0.1) is 0 Å². The van der Waals surface area contributed by atoms with Crippen molar-refractivity contribution in [1.29, 1.82) is 0 Å². The van der Waals surface area contributed by atoms with Crippen molar-refractivity contribution >= 4 is 5.91 Å². The van der Waals surface area contributed by atoms with E-state index < -0.39 is 0 Å². The summed E-state index contributed by atoms with van der Waals surface area (Å²) in [7, 11) is 4.40.